The van der Waals surface area contributed by atoms with Crippen molar-refractivity contribution in [3.05, 3.63) is 0 Å². The second kappa shape index (κ2) is 3.90. The molecule has 0 bridgehead atoms. The van der Waals surface area contributed by atoms with Crippen molar-refractivity contribution in [2.45, 2.75) is 0 Å². The molecule has 0 fully saturated rings. The number of aliphatic hydroxyl groups is 1. The van der Waals surface area contributed by atoms with Gasteiger partial charge >= 0.3 is 59.1 Å². The third-order valence-corrected chi connectivity index (χ3v) is 1.49. The van der Waals surface area contributed by atoms with Crippen LogP contribution in [0.15, 0.2) is 0 Å². The second-order valence-electron chi connectivity index (χ2n) is 1.42. The first-order chi connectivity index (χ1) is 4.45. The van der Waals surface area contributed by atoms with Gasteiger partial charge in [-0.15, -0.1) is 0 Å². The molecule has 0 spiro atoms. The third-order valence-electron chi connectivity index (χ3n) is 0.560. The molecule has 0 atom stereocenters. The Balaban J connectivity index is 3.56. The number of hydrogen-bond acceptors (Lipinski definition) is 6. The zero-order valence-corrected chi connectivity index (χ0v) is 6.73. The van der Waals surface area contributed by atoms with Gasteiger partial charge in [-0.3, -0.25) is 0 Å². The molecule has 10 heavy (non-hydrogen) atoms. The second-order valence-corrected chi connectivity index (χ2v) is 3.84. The summed E-state index contributed by atoms with van der Waals surface area (Å²) in [7, 11) is 0. The standard InChI is InChI=1S/C3H7AsO6/c5-1-3(6)2-10-4(7,8)9/h5H,1-2H2,(H2,7,8,9)/p-2. The van der Waals surface area contributed by atoms with Gasteiger partial charge < -0.3 is 0 Å². The van der Waals surface area contributed by atoms with Gasteiger partial charge in [-0.05, 0) is 0 Å². The Kier molecular flexibility index (Phi) is 3.85. The summed E-state index contributed by atoms with van der Waals surface area (Å²) in [4.78, 5) is 10.1. The van der Waals surface area contributed by atoms with E-state index in [1.165, 1.54) is 0 Å². The van der Waals surface area contributed by atoms with Crippen LogP contribution < -0.4 is 8.19 Å². The molecule has 0 rings (SSSR count). The van der Waals surface area contributed by atoms with Gasteiger partial charge in [0, 0.05) is 0 Å². The Morgan fingerprint density at radius 2 is 2.10 bits per heavy atom. The molecule has 0 aliphatic carbocycles. The van der Waals surface area contributed by atoms with Gasteiger partial charge in [-0.1, -0.05) is 0 Å². The minimum atomic E-state index is -5.62. The molecule has 0 aromatic carbocycles. The molecule has 6 nitrogen and oxygen atoms in total. The first-order valence-corrected chi connectivity index (χ1v) is 5.31. The molecule has 0 aromatic heterocycles. The zero-order chi connectivity index (χ0) is 8.20. The fourth-order valence-electron chi connectivity index (χ4n) is 0.197. The van der Waals surface area contributed by atoms with E-state index in [1.807, 2.05) is 0 Å². The van der Waals surface area contributed by atoms with Crippen LogP contribution in [0.1, 0.15) is 0 Å². The molecule has 0 radical (unpaired) electrons. The molecule has 0 aromatic rings. The first-order valence-electron chi connectivity index (χ1n) is 2.25. The van der Waals surface area contributed by atoms with Crippen molar-refractivity contribution in [2.24, 2.45) is 0 Å². The van der Waals surface area contributed by atoms with Crippen molar-refractivity contribution in [3.8, 4) is 0 Å². The third kappa shape index (κ3) is 6.00. The fourth-order valence-corrected chi connectivity index (χ4v) is 0.831. The van der Waals surface area contributed by atoms with Gasteiger partial charge in [0.15, 0.2) is 0 Å². The van der Waals surface area contributed by atoms with Crippen LogP contribution in [0.25, 0.3) is 0 Å². The van der Waals surface area contributed by atoms with E-state index in [0.29, 0.717) is 0 Å². The normalized spacial score (nSPS) is 11.5. The molecule has 1 N–H and O–H groups in total. The number of hydrogen-bond donors (Lipinski definition) is 1. The Hall–Kier alpha value is -0.132. The summed E-state index contributed by atoms with van der Waals surface area (Å²) >= 11 is -5.62. The summed E-state index contributed by atoms with van der Waals surface area (Å²) in [5.41, 5.74) is 0. The van der Waals surface area contributed by atoms with E-state index in [2.05, 4.69) is 3.73 Å². The zero-order valence-electron chi connectivity index (χ0n) is 4.85. The molecule has 0 unspecified atom stereocenters. The van der Waals surface area contributed by atoms with Gasteiger partial charge in [0.05, 0.1) is 0 Å². The van der Waals surface area contributed by atoms with E-state index in [9.17, 15) is 16.7 Å². The van der Waals surface area contributed by atoms with Crippen molar-refractivity contribution in [1.29, 1.82) is 0 Å². The number of rotatable bonds is 4. The fraction of sp³-hybridized carbons (Fsp3) is 0.667. The van der Waals surface area contributed by atoms with Gasteiger partial charge in [0.2, 0.25) is 0 Å². The van der Waals surface area contributed by atoms with E-state index in [0.717, 1.165) is 0 Å². The monoisotopic (exact) mass is 212 g/mol. The topological polar surface area (TPSA) is 110 Å². The molecule has 7 heteroatoms. The van der Waals surface area contributed by atoms with E-state index in [4.69, 9.17) is 5.11 Å². The molecule has 0 aliphatic rings. The maximum absolute atomic E-state index is 10.1. The Bertz CT molecular complexity index is 158. The van der Waals surface area contributed by atoms with E-state index in [-0.39, 0.29) is 0 Å². The number of ketones is 1. The molecular formula is C3H5AsO6-2. The van der Waals surface area contributed by atoms with Crippen LogP contribution in [0.2, 0.25) is 0 Å². The SMILES string of the molecule is O=C(CO)CO[As](=O)([O-])[O-]. The van der Waals surface area contributed by atoms with Crippen LogP contribution in [-0.2, 0) is 12.3 Å². The molecule has 0 aliphatic heterocycles. The van der Waals surface area contributed by atoms with Crippen LogP contribution in [0, 0.1) is 0 Å². The van der Waals surface area contributed by atoms with Crippen LogP contribution in [-0.4, -0.2) is 38.6 Å². The van der Waals surface area contributed by atoms with E-state index >= 15 is 0 Å². The summed E-state index contributed by atoms with van der Waals surface area (Å²) in [5, 5.41) is 8.02. The molecule has 0 heterocycles. The minimum absolute atomic E-state index is 0.824. The van der Waals surface area contributed by atoms with Gasteiger partial charge in [0.1, 0.15) is 0 Å². The maximum atomic E-state index is 10.1. The molecule has 60 valence electrons. The van der Waals surface area contributed by atoms with Crippen LogP contribution in [0.3, 0.4) is 0 Å². The van der Waals surface area contributed by atoms with Crippen molar-refractivity contribution in [2.75, 3.05) is 13.2 Å². The molecular weight excluding hydrogens is 207 g/mol. The molecule has 0 amide bonds. The van der Waals surface area contributed by atoms with Crippen molar-refractivity contribution >= 4 is 20.3 Å². The number of carbonyl (C=O) groups excluding carboxylic acids is 1. The quantitative estimate of drug-likeness (QED) is 0.477. The predicted octanol–water partition coefficient (Wildman–Crippen LogP) is -3.85. The van der Waals surface area contributed by atoms with Crippen molar-refractivity contribution in [1.82, 2.24) is 0 Å². The average Bonchev–Trinajstić information content (AvgIpc) is 1.81. The number of Topliss-reactive ketones (excluding diaryl/α,β-unsaturated/α-hetero) is 1. The summed E-state index contributed by atoms with van der Waals surface area (Å²) in [6.45, 7) is -1.68. The van der Waals surface area contributed by atoms with E-state index < -0.39 is 33.5 Å². The van der Waals surface area contributed by atoms with Crippen LogP contribution >= 0.6 is 0 Å². The Morgan fingerprint density at radius 1 is 1.60 bits per heavy atom. The van der Waals surface area contributed by atoms with Crippen LogP contribution in [0.4, 0.5) is 0 Å². The predicted molar refractivity (Wildman–Crippen MR) is 24.5 cm³/mol. The van der Waals surface area contributed by atoms with Gasteiger partial charge in [-0.2, -0.15) is 0 Å². The van der Waals surface area contributed by atoms with Crippen LogP contribution in [0.5, 0.6) is 0 Å². The molecule has 0 saturated heterocycles. The van der Waals surface area contributed by atoms with Gasteiger partial charge in [0.25, 0.3) is 0 Å². The number of aliphatic hydroxyl groups excluding tert-OH is 1. The van der Waals surface area contributed by atoms with Crippen molar-refractivity contribution in [3.63, 3.8) is 0 Å². The number of carbonyl (C=O) groups is 1. The Morgan fingerprint density at radius 3 is 2.40 bits per heavy atom. The summed E-state index contributed by atoms with van der Waals surface area (Å²) in [6, 6.07) is 0. The molecule has 0 saturated carbocycles. The summed E-state index contributed by atoms with van der Waals surface area (Å²) in [6.07, 6.45) is 0. The summed E-state index contributed by atoms with van der Waals surface area (Å²) in [5.74, 6) is -0.840. The average molecular weight is 212 g/mol. The van der Waals surface area contributed by atoms with Crippen molar-refractivity contribution < 1.29 is 25.6 Å². The Labute approximate surface area is 59.8 Å². The first kappa shape index (κ1) is 9.87. The summed E-state index contributed by atoms with van der Waals surface area (Å²) < 4.78 is 32.8. The van der Waals surface area contributed by atoms with Gasteiger partial charge in [-0.25, -0.2) is 0 Å². The van der Waals surface area contributed by atoms with E-state index in [1.54, 1.807) is 0 Å².